The lowest BCUT2D eigenvalue weighted by Crippen LogP contribution is -2.51. The zero-order chi connectivity index (χ0) is 7.33. The van der Waals surface area contributed by atoms with Gasteiger partial charge in [0.15, 0.2) is 5.72 Å². The monoisotopic (exact) mass is 137 g/mol. The molecule has 0 rings (SSSR count). The number of hydrogen-bond acceptors (Lipinski definition) is 5. The van der Waals surface area contributed by atoms with Crippen LogP contribution in [0.25, 0.3) is 0 Å². The van der Waals surface area contributed by atoms with E-state index in [4.69, 9.17) is 20.4 Å². The first kappa shape index (κ1) is 8.80. The van der Waals surface area contributed by atoms with E-state index in [-0.39, 0.29) is 0 Å². The van der Waals surface area contributed by atoms with E-state index in [1.807, 2.05) is 0 Å². The fourth-order valence-electron chi connectivity index (χ4n) is 0.309. The minimum absolute atomic E-state index is 0.488. The van der Waals surface area contributed by atoms with Gasteiger partial charge in [0.25, 0.3) is 0 Å². The van der Waals surface area contributed by atoms with Crippen LogP contribution in [0.2, 0.25) is 0 Å². The maximum absolute atomic E-state index is 8.86. The van der Waals surface area contributed by atoms with Crippen molar-refractivity contribution >= 4 is 0 Å². The lowest BCUT2D eigenvalue weighted by molar-refractivity contribution is -0.0911. The number of aliphatic hydroxyl groups is 4. The van der Waals surface area contributed by atoms with Crippen LogP contribution in [0.15, 0.2) is 0 Å². The third kappa shape index (κ3) is 2.73. The standard InChI is InChI=1S/C4H11NO4/c6-1-4(9,2-7)5-3-8/h5-9H,1-3H2. The molecule has 0 heterocycles. The molecule has 5 N–H and O–H groups in total. The molecule has 0 saturated heterocycles. The van der Waals surface area contributed by atoms with Gasteiger partial charge in [0.1, 0.15) is 0 Å². The Morgan fingerprint density at radius 1 is 1.11 bits per heavy atom. The number of hydrogen-bond donors (Lipinski definition) is 5. The molecule has 0 atom stereocenters. The second-order valence-corrected chi connectivity index (χ2v) is 1.68. The lowest BCUT2D eigenvalue weighted by atomic mass is 10.3. The van der Waals surface area contributed by atoms with E-state index in [0.29, 0.717) is 0 Å². The molecule has 5 nitrogen and oxygen atoms in total. The summed E-state index contributed by atoms with van der Waals surface area (Å²) in [4.78, 5) is 0. The molecular formula is C4H11NO4. The molecular weight excluding hydrogens is 126 g/mol. The number of aliphatic hydroxyl groups excluding tert-OH is 3. The average Bonchev–Trinajstić information content (AvgIpc) is 1.89. The molecule has 0 radical (unpaired) electrons. The lowest BCUT2D eigenvalue weighted by Gasteiger charge is -2.22. The summed E-state index contributed by atoms with van der Waals surface area (Å²) < 4.78 is 0. The summed E-state index contributed by atoms with van der Waals surface area (Å²) in [5.74, 6) is 0. The molecule has 0 fully saturated rings. The fraction of sp³-hybridized carbons (Fsp3) is 1.00. The van der Waals surface area contributed by atoms with Gasteiger partial charge < -0.3 is 20.4 Å². The van der Waals surface area contributed by atoms with Crippen molar-refractivity contribution in [3.63, 3.8) is 0 Å². The molecule has 0 aromatic rings. The van der Waals surface area contributed by atoms with Crippen molar-refractivity contribution in [3.8, 4) is 0 Å². The Bertz CT molecular complexity index is 73.0. The molecule has 0 aromatic heterocycles. The van der Waals surface area contributed by atoms with Crippen LogP contribution in [0.4, 0.5) is 0 Å². The molecule has 5 heteroatoms. The predicted octanol–water partition coefficient (Wildman–Crippen LogP) is -2.80. The topological polar surface area (TPSA) is 93.0 Å². The quantitative estimate of drug-likeness (QED) is 0.270. The van der Waals surface area contributed by atoms with Crippen LogP contribution in [0.5, 0.6) is 0 Å². The Kier molecular flexibility index (Phi) is 3.67. The predicted molar refractivity (Wildman–Crippen MR) is 29.3 cm³/mol. The normalized spacial score (nSPS) is 12.0. The van der Waals surface area contributed by atoms with E-state index in [2.05, 4.69) is 5.32 Å². The molecule has 0 aliphatic carbocycles. The summed E-state index contributed by atoms with van der Waals surface area (Å²) in [7, 11) is 0. The van der Waals surface area contributed by atoms with Crippen LogP contribution in [0.1, 0.15) is 0 Å². The Morgan fingerprint density at radius 3 is 1.67 bits per heavy atom. The second-order valence-electron chi connectivity index (χ2n) is 1.68. The van der Waals surface area contributed by atoms with Crippen LogP contribution >= 0.6 is 0 Å². The first-order valence-corrected chi connectivity index (χ1v) is 2.48. The van der Waals surface area contributed by atoms with Crippen molar-refractivity contribution < 1.29 is 20.4 Å². The maximum Gasteiger partial charge on any atom is 0.164 e. The minimum atomic E-state index is -1.76. The van der Waals surface area contributed by atoms with Crippen molar-refractivity contribution in [2.45, 2.75) is 5.72 Å². The van der Waals surface area contributed by atoms with Gasteiger partial charge in [-0.1, -0.05) is 0 Å². The van der Waals surface area contributed by atoms with Gasteiger partial charge in [-0.15, -0.1) is 0 Å². The van der Waals surface area contributed by atoms with Crippen LogP contribution in [0, 0.1) is 0 Å². The summed E-state index contributed by atoms with van der Waals surface area (Å²) in [5, 5.41) is 35.8. The largest absolute Gasteiger partial charge is 0.392 e. The molecule has 0 amide bonds. The highest BCUT2D eigenvalue weighted by molar-refractivity contribution is 4.70. The average molecular weight is 137 g/mol. The molecule has 9 heavy (non-hydrogen) atoms. The van der Waals surface area contributed by atoms with Gasteiger partial charge in [-0.2, -0.15) is 0 Å². The summed E-state index contributed by atoms with van der Waals surface area (Å²) in [6, 6.07) is 0. The first-order chi connectivity index (χ1) is 4.18. The molecule has 0 spiro atoms. The highest BCUT2D eigenvalue weighted by Gasteiger charge is 2.22. The first-order valence-electron chi connectivity index (χ1n) is 2.48. The van der Waals surface area contributed by atoms with Crippen molar-refractivity contribution in [2.24, 2.45) is 0 Å². The van der Waals surface area contributed by atoms with Crippen molar-refractivity contribution in [1.29, 1.82) is 0 Å². The van der Waals surface area contributed by atoms with Crippen LogP contribution in [0.3, 0.4) is 0 Å². The zero-order valence-electron chi connectivity index (χ0n) is 4.91. The SMILES string of the molecule is OCNC(O)(CO)CO. The molecule has 0 bridgehead atoms. The highest BCUT2D eigenvalue weighted by Crippen LogP contribution is 1.93. The summed E-state index contributed by atoms with van der Waals surface area (Å²) in [6.45, 7) is -1.76. The van der Waals surface area contributed by atoms with Gasteiger partial charge in [-0.3, -0.25) is 5.32 Å². The Morgan fingerprint density at radius 2 is 1.56 bits per heavy atom. The Hall–Kier alpha value is -0.200. The fourth-order valence-corrected chi connectivity index (χ4v) is 0.309. The van der Waals surface area contributed by atoms with Gasteiger partial charge >= 0.3 is 0 Å². The van der Waals surface area contributed by atoms with Crippen molar-refractivity contribution in [1.82, 2.24) is 5.32 Å². The van der Waals surface area contributed by atoms with Crippen LogP contribution in [-0.2, 0) is 0 Å². The molecule has 0 aliphatic rings. The number of rotatable bonds is 4. The van der Waals surface area contributed by atoms with E-state index in [1.54, 1.807) is 0 Å². The zero-order valence-corrected chi connectivity index (χ0v) is 4.91. The Balaban J connectivity index is 3.62. The summed E-state index contributed by atoms with van der Waals surface area (Å²) in [5.41, 5.74) is -1.76. The smallest absolute Gasteiger partial charge is 0.164 e. The van der Waals surface area contributed by atoms with Crippen molar-refractivity contribution in [2.75, 3.05) is 19.9 Å². The maximum atomic E-state index is 8.86. The van der Waals surface area contributed by atoms with Crippen molar-refractivity contribution in [3.05, 3.63) is 0 Å². The van der Waals surface area contributed by atoms with E-state index in [1.165, 1.54) is 0 Å². The highest BCUT2D eigenvalue weighted by atomic mass is 16.4. The van der Waals surface area contributed by atoms with Gasteiger partial charge in [0, 0.05) is 0 Å². The van der Waals surface area contributed by atoms with Gasteiger partial charge in [-0.25, -0.2) is 0 Å². The van der Waals surface area contributed by atoms with Crippen LogP contribution in [-0.4, -0.2) is 46.1 Å². The molecule has 56 valence electrons. The van der Waals surface area contributed by atoms with E-state index in [9.17, 15) is 0 Å². The summed E-state index contributed by atoms with van der Waals surface area (Å²) >= 11 is 0. The van der Waals surface area contributed by atoms with E-state index >= 15 is 0 Å². The number of nitrogens with one attached hydrogen (secondary N) is 1. The Labute approximate surface area is 52.6 Å². The third-order valence-corrected chi connectivity index (χ3v) is 0.931. The third-order valence-electron chi connectivity index (χ3n) is 0.931. The van der Waals surface area contributed by atoms with Gasteiger partial charge in [-0.05, 0) is 0 Å². The van der Waals surface area contributed by atoms with Gasteiger partial charge in [0.05, 0.1) is 19.9 Å². The molecule has 0 aliphatic heterocycles. The molecule has 0 saturated carbocycles. The second kappa shape index (κ2) is 3.76. The minimum Gasteiger partial charge on any atom is -0.392 e. The van der Waals surface area contributed by atoms with E-state index in [0.717, 1.165) is 0 Å². The summed E-state index contributed by atoms with van der Waals surface area (Å²) in [6.07, 6.45) is 0. The molecule has 0 aromatic carbocycles. The molecule has 0 unspecified atom stereocenters. The van der Waals surface area contributed by atoms with Crippen LogP contribution < -0.4 is 5.32 Å². The van der Waals surface area contributed by atoms with Gasteiger partial charge in [0.2, 0.25) is 0 Å². The van der Waals surface area contributed by atoms with E-state index < -0.39 is 25.7 Å².